The molecular formula is C15H23NO. The van der Waals surface area contributed by atoms with Crippen LogP contribution in [0.5, 0.6) is 5.75 Å². The number of nitrogens with two attached hydrogens (primary N) is 1. The molecule has 2 rings (SSSR count). The van der Waals surface area contributed by atoms with Gasteiger partial charge in [-0.25, -0.2) is 0 Å². The van der Waals surface area contributed by atoms with E-state index in [4.69, 9.17) is 10.5 Å². The Balaban J connectivity index is 2.25. The van der Waals surface area contributed by atoms with Gasteiger partial charge in [0, 0.05) is 0 Å². The predicted molar refractivity (Wildman–Crippen MR) is 71.5 cm³/mol. The van der Waals surface area contributed by atoms with Gasteiger partial charge >= 0.3 is 0 Å². The van der Waals surface area contributed by atoms with Crippen molar-refractivity contribution < 1.29 is 4.74 Å². The Morgan fingerprint density at radius 3 is 2.41 bits per heavy atom. The topological polar surface area (TPSA) is 35.2 Å². The van der Waals surface area contributed by atoms with Crippen LogP contribution in [0.4, 0.5) is 0 Å². The van der Waals surface area contributed by atoms with E-state index in [9.17, 15) is 0 Å². The van der Waals surface area contributed by atoms with Gasteiger partial charge in [0.05, 0.1) is 7.11 Å². The number of benzene rings is 1. The Labute approximate surface area is 104 Å². The minimum absolute atomic E-state index is 0.381. The molecule has 0 spiro atoms. The van der Waals surface area contributed by atoms with Crippen LogP contribution < -0.4 is 10.5 Å². The average molecular weight is 233 g/mol. The molecule has 1 saturated carbocycles. The zero-order valence-electron chi connectivity index (χ0n) is 11.2. The molecule has 0 amide bonds. The van der Waals surface area contributed by atoms with E-state index in [-0.39, 0.29) is 0 Å². The van der Waals surface area contributed by atoms with Crippen molar-refractivity contribution in [1.29, 1.82) is 0 Å². The highest BCUT2D eigenvalue weighted by Gasteiger charge is 2.35. The molecule has 0 aliphatic heterocycles. The van der Waals surface area contributed by atoms with Gasteiger partial charge in [-0.1, -0.05) is 12.5 Å². The first-order valence-corrected chi connectivity index (χ1v) is 6.45. The smallest absolute Gasteiger partial charge is 0.122 e. The first-order valence-electron chi connectivity index (χ1n) is 6.45. The van der Waals surface area contributed by atoms with E-state index in [2.05, 4.69) is 26.0 Å². The monoisotopic (exact) mass is 233 g/mol. The lowest BCUT2D eigenvalue weighted by atomic mass is 9.65. The molecular weight excluding hydrogens is 210 g/mol. The van der Waals surface area contributed by atoms with E-state index in [0.717, 1.165) is 18.7 Å². The number of methoxy groups -OCH3 is 1. The van der Waals surface area contributed by atoms with Crippen LogP contribution in [0.3, 0.4) is 0 Å². The zero-order valence-corrected chi connectivity index (χ0v) is 11.2. The molecule has 0 radical (unpaired) electrons. The van der Waals surface area contributed by atoms with Gasteiger partial charge in [0.15, 0.2) is 0 Å². The first kappa shape index (κ1) is 12.4. The van der Waals surface area contributed by atoms with E-state index in [1.807, 2.05) is 0 Å². The molecule has 0 saturated heterocycles. The maximum absolute atomic E-state index is 5.94. The summed E-state index contributed by atoms with van der Waals surface area (Å²) in [7, 11) is 1.73. The molecule has 1 aromatic rings. The maximum atomic E-state index is 5.94. The Morgan fingerprint density at radius 1 is 1.24 bits per heavy atom. The summed E-state index contributed by atoms with van der Waals surface area (Å²) < 4.78 is 5.35. The molecule has 1 aromatic carbocycles. The van der Waals surface area contributed by atoms with Crippen molar-refractivity contribution in [3.8, 4) is 5.75 Å². The minimum atomic E-state index is 0.381. The molecule has 2 nitrogen and oxygen atoms in total. The first-order chi connectivity index (χ1) is 8.12. The van der Waals surface area contributed by atoms with Gasteiger partial charge in [-0.2, -0.15) is 0 Å². The van der Waals surface area contributed by atoms with Gasteiger partial charge in [0.25, 0.3) is 0 Å². The molecule has 0 unspecified atom stereocenters. The highest BCUT2D eigenvalue weighted by Crippen LogP contribution is 2.43. The fraction of sp³-hybridized carbons (Fsp3) is 0.600. The van der Waals surface area contributed by atoms with Crippen LogP contribution in [-0.2, 0) is 6.42 Å². The quantitative estimate of drug-likeness (QED) is 0.867. The molecule has 0 bridgehead atoms. The molecule has 0 heterocycles. The maximum Gasteiger partial charge on any atom is 0.122 e. The third-order valence-electron chi connectivity index (χ3n) is 4.48. The van der Waals surface area contributed by atoms with Gasteiger partial charge < -0.3 is 10.5 Å². The second-order valence-corrected chi connectivity index (χ2v) is 5.41. The van der Waals surface area contributed by atoms with E-state index in [1.165, 1.54) is 36.0 Å². The van der Waals surface area contributed by atoms with Crippen LogP contribution in [0, 0.1) is 19.3 Å². The summed E-state index contributed by atoms with van der Waals surface area (Å²) in [6.07, 6.45) is 5.04. The second kappa shape index (κ2) is 4.69. The Bertz CT molecular complexity index is 402. The highest BCUT2D eigenvalue weighted by molar-refractivity contribution is 5.44. The van der Waals surface area contributed by atoms with E-state index in [1.54, 1.807) is 7.11 Å². The third kappa shape index (κ3) is 2.19. The van der Waals surface area contributed by atoms with Crippen LogP contribution in [0.1, 0.15) is 36.0 Å². The Morgan fingerprint density at radius 2 is 1.94 bits per heavy atom. The fourth-order valence-electron chi connectivity index (χ4n) is 2.80. The van der Waals surface area contributed by atoms with Crippen molar-refractivity contribution in [2.24, 2.45) is 11.1 Å². The van der Waals surface area contributed by atoms with E-state index in [0.29, 0.717) is 5.41 Å². The largest absolute Gasteiger partial charge is 0.496 e. The van der Waals surface area contributed by atoms with Gasteiger partial charge in [-0.15, -0.1) is 0 Å². The van der Waals surface area contributed by atoms with Crippen LogP contribution in [0.15, 0.2) is 12.1 Å². The predicted octanol–water partition coefficient (Wildman–Crippen LogP) is 2.98. The molecule has 1 fully saturated rings. The molecule has 2 N–H and O–H groups in total. The summed E-state index contributed by atoms with van der Waals surface area (Å²) in [5.74, 6) is 0.988. The lowest BCUT2D eigenvalue weighted by Crippen LogP contribution is -2.39. The molecule has 94 valence electrons. The third-order valence-corrected chi connectivity index (χ3v) is 4.48. The van der Waals surface area contributed by atoms with Crippen molar-refractivity contribution in [3.05, 3.63) is 28.8 Å². The zero-order chi connectivity index (χ0) is 12.5. The molecule has 1 aliphatic carbocycles. The molecule has 0 atom stereocenters. The number of hydrogen-bond acceptors (Lipinski definition) is 2. The summed E-state index contributed by atoms with van der Waals surface area (Å²) in [5.41, 5.74) is 10.4. The lowest BCUT2D eigenvalue weighted by molar-refractivity contribution is 0.144. The van der Waals surface area contributed by atoms with E-state index < -0.39 is 0 Å². The van der Waals surface area contributed by atoms with Crippen molar-refractivity contribution in [2.75, 3.05) is 13.7 Å². The summed E-state index contributed by atoms with van der Waals surface area (Å²) in [6.45, 7) is 5.14. The summed E-state index contributed by atoms with van der Waals surface area (Å²) in [6, 6.07) is 4.29. The fourth-order valence-corrected chi connectivity index (χ4v) is 2.80. The van der Waals surface area contributed by atoms with Crippen molar-refractivity contribution in [1.82, 2.24) is 0 Å². The molecule has 2 heteroatoms. The van der Waals surface area contributed by atoms with E-state index >= 15 is 0 Å². The Kier molecular flexibility index (Phi) is 3.43. The van der Waals surface area contributed by atoms with Gasteiger partial charge in [0.1, 0.15) is 5.75 Å². The van der Waals surface area contributed by atoms with Crippen molar-refractivity contribution in [2.45, 2.75) is 39.5 Å². The number of ether oxygens (including phenoxy) is 1. The molecule has 1 aliphatic rings. The number of hydrogen-bond donors (Lipinski definition) is 1. The van der Waals surface area contributed by atoms with Crippen LogP contribution in [0.25, 0.3) is 0 Å². The highest BCUT2D eigenvalue weighted by atomic mass is 16.5. The van der Waals surface area contributed by atoms with Crippen LogP contribution in [0.2, 0.25) is 0 Å². The summed E-state index contributed by atoms with van der Waals surface area (Å²) in [5, 5.41) is 0. The SMILES string of the molecule is COc1ccc(CC2(CN)CCC2)c(C)c1C. The molecule has 0 aromatic heterocycles. The van der Waals surface area contributed by atoms with Gasteiger partial charge in [-0.05, 0) is 67.8 Å². The lowest BCUT2D eigenvalue weighted by Gasteiger charge is -2.41. The van der Waals surface area contributed by atoms with Crippen molar-refractivity contribution >= 4 is 0 Å². The summed E-state index contributed by atoms with van der Waals surface area (Å²) >= 11 is 0. The minimum Gasteiger partial charge on any atom is -0.496 e. The van der Waals surface area contributed by atoms with Crippen molar-refractivity contribution in [3.63, 3.8) is 0 Å². The average Bonchev–Trinajstić information content (AvgIpc) is 2.29. The van der Waals surface area contributed by atoms with Gasteiger partial charge in [-0.3, -0.25) is 0 Å². The summed E-state index contributed by atoms with van der Waals surface area (Å²) in [4.78, 5) is 0. The molecule has 17 heavy (non-hydrogen) atoms. The normalized spacial score (nSPS) is 17.6. The van der Waals surface area contributed by atoms with Crippen LogP contribution in [-0.4, -0.2) is 13.7 Å². The number of rotatable bonds is 4. The second-order valence-electron chi connectivity index (χ2n) is 5.41. The Hall–Kier alpha value is -1.02. The standard InChI is InChI=1S/C15H23NO/c1-11-12(2)14(17-3)6-5-13(11)9-15(10-16)7-4-8-15/h5-6H,4,7-10,16H2,1-3H3. The van der Waals surface area contributed by atoms with Gasteiger partial charge in [0.2, 0.25) is 0 Å². The van der Waals surface area contributed by atoms with Crippen LogP contribution >= 0.6 is 0 Å².